The van der Waals surface area contributed by atoms with E-state index in [1.807, 2.05) is 0 Å². The van der Waals surface area contributed by atoms with Crippen molar-refractivity contribution < 1.29 is 0 Å². The van der Waals surface area contributed by atoms with Gasteiger partial charge in [0.05, 0.1) is 11.0 Å². The Labute approximate surface area is 119 Å². The number of imidazole rings is 1. The standard InChI is InChI=1S/C15H21N3S/c1-12-6-5-7-13-14(12)16-15(19)18(13)11-10-17-8-3-2-4-9-17/h5-7H,2-4,8-11H2,1H3,(H,16,19). The van der Waals surface area contributed by atoms with E-state index in [0.29, 0.717) is 0 Å². The summed E-state index contributed by atoms with van der Waals surface area (Å²) < 4.78 is 3.09. The second-order valence-corrected chi connectivity index (χ2v) is 5.84. The van der Waals surface area contributed by atoms with Crippen molar-refractivity contribution in [1.29, 1.82) is 0 Å². The molecule has 102 valence electrons. The molecule has 0 spiro atoms. The van der Waals surface area contributed by atoms with Crippen molar-refractivity contribution in [1.82, 2.24) is 14.5 Å². The van der Waals surface area contributed by atoms with Crippen molar-refractivity contribution >= 4 is 23.3 Å². The Hall–Kier alpha value is -1.13. The number of rotatable bonds is 3. The molecule has 0 aliphatic carbocycles. The molecule has 2 aromatic rings. The van der Waals surface area contributed by atoms with Gasteiger partial charge in [-0.2, -0.15) is 0 Å². The van der Waals surface area contributed by atoms with E-state index in [1.54, 1.807) is 0 Å². The van der Waals surface area contributed by atoms with Gasteiger partial charge in [0.25, 0.3) is 0 Å². The zero-order chi connectivity index (χ0) is 13.2. The lowest BCUT2D eigenvalue weighted by Crippen LogP contribution is -2.32. The average Bonchev–Trinajstić information content (AvgIpc) is 2.75. The SMILES string of the molecule is Cc1cccc2c1[nH]c(=S)n2CCN1CCCCC1. The molecule has 4 heteroatoms. The highest BCUT2D eigenvalue weighted by Crippen LogP contribution is 2.18. The minimum Gasteiger partial charge on any atom is -0.330 e. The van der Waals surface area contributed by atoms with Crippen LogP contribution in [-0.2, 0) is 6.54 Å². The van der Waals surface area contributed by atoms with Crippen LogP contribution in [-0.4, -0.2) is 34.1 Å². The lowest BCUT2D eigenvalue weighted by Gasteiger charge is -2.26. The van der Waals surface area contributed by atoms with E-state index < -0.39 is 0 Å². The maximum Gasteiger partial charge on any atom is 0.178 e. The molecule has 1 saturated heterocycles. The van der Waals surface area contributed by atoms with Gasteiger partial charge in [0.15, 0.2) is 4.77 Å². The highest BCUT2D eigenvalue weighted by Gasteiger charge is 2.11. The molecule has 19 heavy (non-hydrogen) atoms. The lowest BCUT2D eigenvalue weighted by atomic mass is 10.1. The second-order valence-electron chi connectivity index (χ2n) is 5.45. The molecule has 0 saturated carbocycles. The van der Waals surface area contributed by atoms with Gasteiger partial charge in [0.2, 0.25) is 0 Å². The number of aryl methyl sites for hydroxylation is 1. The Morgan fingerprint density at radius 2 is 1.95 bits per heavy atom. The molecule has 1 aromatic heterocycles. The van der Waals surface area contributed by atoms with Crippen molar-refractivity contribution in [3.8, 4) is 0 Å². The number of para-hydroxylation sites is 1. The average molecular weight is 275 g/mol. The fraction of sp³-hybridized carbons (Fsp3) is 0.533. The molecule has 3 rings (SSSR count). The number of nitrogens with zero attached hydrogens (tertiary/aromatic N) is 2. The zero-order valence-electron chi connectivity index (χ0n) is 11.5. The molecule has 0 atom stereocenters. The van der Waals surface area contributed by atoms with E-state index >= 15 is 0 Å². The normalized spacial score (nSPS) is 17.1. The Morgan fingerprint density at radius 1 is 1.16 bits per heavy atom. The van der Waals surface area contributed by atoms with Crippen molar-refractivity contribution in [3.05, 3.63) is 28.5 Å². The van der Waals surface area contributed by atoms with Gasteiger partial charge in [-0.1, -0.05) is 18.6 Å². The van der Waals surface area contributed by atoms with Crippen molar-refractivity contribution in [2.45, 2.75) is 32.7 Å². The summed E-state index contributed by atoms with van der Waals surface area (Å²) in [6.07, 6.45) is 4.08. The Bertz CT molecular complexity index is 620. The predicted molar refractivity (Wildman–Crippen MR) is 82.2 cm³/mol. The summed E-state index contributed by atoms with van der Waals surface area (Å²) in [4.78, 5) is 5.90. The summed E-state index contributed by atoms with van der Waals surface area (Å²) >= 11 is 5.47. The number of aromatic nitrogens is 2. The first-order valence-corrected chi connectivity index (χ1v) is 7.57. The molecule has 1 aromatic carbocycles. The van der Waals surface area contributed by atoms with Gasteiger partial charge in [-0.25, -0.2) is 0 Å². The molecule has 1 aliphatic rings. The van der Waals surface area contributed by atoms with Crippen LogP contribution in [0.1, 0.15) is 24.8 Å². The van der Waals surface area contributed by atoms with Gasteiger partial charge in [-0.3, -0.25) is 0 Å². The van der Waals surface area contributed by atoms with Gasteiger partial charge in [-0.15, -0.1) is 0 Å². The third-order valence-electron chi connectivity index (χ3n) is 4.11. The first-order chi connectivity index (χ1) is 9.25. The smallest absolute Gasteiger partial charge is 0.178 e. The maximum atomic E-state index is 5.47. The number of benzene rings is 1. The molecule has 3 nitrogen and oxygen atoms in total. The molecule has 2 heterocycles. The maximum absolute atomic E-state index is 5.47. The molecule has 1 aliphatic heterocycles. The third-order valence-corrected chi connectivity index (χ3v) is 4.43. The number of H-pyrrole nitrogens is 1. The molecular weight excluding hydrogens is 254 g/mol. The summed E-state index contributed by atoms with van der Waals surface area (Å²) in [6, 6.07) is 6.39. The molecule has 0 bridgehead atoms. The van der Waals surface area contributed by atoms with Crippen molar-refractivity contribution in [2.24, 2.45) is 0 Å². The Balaban J connectivity index is 1.82. The van der Waals surface area contributed by atoms with E-state index in [4.69, 9.17) is 12.2 Å². The third kappa shape index (κ3) is 2.60. The zero-order valence-corrected chi connectivity index (χ0v) is 12.3. The van der Waals surface area contributed by atoms with Crippen LogP contribution in [0.4, 0.5) is 0 Å². The van der Waals surface area contributed by atoms with E-state index in [2.05, 4.69) is 39.6 Å². The van der Waals surface area contributed by atoms with Gasteiger partial charge in [-0.05, 0) is 56.7 Å². The fourth-order valence-electron chi connectivity index (χ4n) is 2.97. The predicted octanol–water partition coefficient (Wildman–Crippen LogP) is 3.49. The van der Waals surface area contributed by atoms with Crippen LogP contribution in [0.2, 0.25) is 0 Å². The van der Waals surface area contributed by atoms with Crippen LogP contribution in [0.5, 0.6) is 0 Å². The Morgan fingerprint density at radius 3 is 2.74 bits per heavy atom. The number of hydrogen-bond donors (Lipinski definition) is 1. The Kier molecular flexibility index (Phi) is 3.71. The molecule has 0 unspecified atom stereocenters. The first kappa shape index (κ1) is 12.9. The number of aromatic amines is 1. The number of fused-ring (bicyclic) bond motifs is 1. The van der Waals surface area contributed by atoms with E-state index in [-0.39, 0.29) is 0 Å². The van der Waals surface area contributed by atoms with E-state index in [1.165, 1.54) is 48.9 Å². The second kappa shape index (κ2) is 5.47. The van der Waals surface area contributed by atoms with Gasteiger partial charge >= 0.3 is 0 Å². The number of piperidine rings is 1. The largest absolute Gasteiger partial charge is 0.330 e. The van der Waals surface area contributed by atoms with Crippen LogP contribution in [0, 0.1) is 11.7 Å². The molecule has 0 amide bonds. The number of likely N-dealkylation sites (tertiary alicyclic amines) is 1. The van der Waals surface area contributed by atoms with Gasteiger partial charge < -0.3 is 14.5 Å². The van der Waals surface area contributed by atoms with Crippen LogP contribution in [0.25, 0.3) is 11.0 Å². The topological polar surface area (TPSA) is 24.0 Å². The lowest BCUT2D eigenvalue weighted by molar-refractivity contribution is 0.221. The monoisotopic (exact) mass is 275 g/mol. The summed E-state index contributed by atoms with van der Waals surface area (Å²) in [6.45, 7) is 6.71. The van der Waals surface area contributed by atoms with E-state index in [0.717, 1.165) is 17.9 Å². The quantitative estimate of drug-likeness (QED) is 0.867. The van der Waals surface area contributed by atoms with Gasteiger partial charge in [0.1, 0.15) is 0 Å². The summed E-state index contributed by atoms with van der Waals surface area (Å²) in [5, 5.41) is 0. The minimum absolute atomic E-state index is 0.848. The highest BCUT2D eigenvalue weighted by molar-refractivity contribution is 7.71. The molecule has 1 fully saturated rings. The number of nitrogens with one attached hydrogen (secondary N) is 1. The minimum atomic E-state index is 0.848. The van der Waals surface area contributed by atoms with Gasteiger partial charge in [0, 0.05) is 13.1 Å². The molecule has 0 radical (unpaired) electrons. The molecular formula is C15H21N3S. The fourth-order valence-corrected chi connectivity index (χ4v) is 3.26. The van der Waals surface area contributed by atoms with Crippen LogP contribution >= 0.6 is 12.2 Å². The van der Waals surface area contributed by atoms with Crippen LogP contribution < -0.4 is 0 Å². The summed E-state index contributed by atoms with van der Waals surface area (Å²) in [5.41, 5.74) is 3.69. The van der Waals surface area contributed by atoms with Crippen LogP contribution in [0.3, 0.4) is 0 Å². The number of hydrogen-bond acceptors (Lipinski definition) is 2. The first-order valence-electron chi connectivity index (χ1n) is 7.16. The van der Waals surface area contributed by atoms with Crippen molar-refractivity contribution in [3.63, 3.8) is 0 Å². The molecule has 1 N–H and O–H groups in total. The van der Waals surface area contributed by atoms with Crippen molar-refractivity contribution in [2.75, 3.05) is 19.6 Å². The van der Waals surface area contributed by atoms with E-state index in [9.17, 15) is 0 Å². The summed E-state index contributed by atoms with van der Waals surface area (Å²) in [7, 11) is 0. The van der Waals surface area contributed by atoms with Crippen LogP contribution in [0.15, 0.2) is 18.2 Å². The highest BCUT2D eigenvalue weighted by atomic mass is 32.1. The summed E-state index contributed by atoms with van der Waals surface area (Å²) in [5.74, 6) is 0.